The minimum atomic E-state index is -4.21. The maximum absolute atomic E-state index is 11.9. The van der Waals surface area contributed by atoms with E-state index >= 15 is 0 Å². The second-order valence-electron chi connectivity index (χ2n) is 3.84. The average molecular weight is 280 g/mol. The molecule has 6 heteroatoms. The molecular formula is C12H15F3O2S. The summed E-state index contributed by atoms with van der Waals surface area (Å²) in [7, 11) is 0. The Hall–Kier alpha value is -0.880. The van der Waals surface area contributed by atoms with Crippen LogP contribution in [0.3, 0.4) is 0 Å². The fraction of sp³-hybridized carbons (Fsp3) is 0.500. The van der Waals surface area contributed by atoms with Crippen molar-refractivity contribution in [2.45, 2.75) is 25.5 Å². The first-order chi connectivity index (χ1) is 8.29. The van der Waals surface area contributed by atoms with Crippen molar-refractivity contribution in [1.29, 1.82) is 0 Å². The van der Waals surface area contributed by atoms with Crippen molar-refractivity contribution in [3.8, 4) is 5.75 Å². The standard InChI is InChI=1S/C12H15F3O2S/c1-8-7-10(9(2)16)3-4-11(8)17-5-6-18-12(13,14)15/h3-4,7,9,16H,5-6H2,1-2H3/t9-/m1/s1. The van der Waals surface area contributed by atoms with Crippen molar-refractivity contribution in [3.63, 3.8) is 0 Å². The topological polar surface area (TPSA) is 29.5 Å². The van der Waals surface area contributed by atoms with Crippen molar-refractivity contribution >= 4 is 11.8 Å². The van der Waals surface area contributed by atoms with Gasteiger partial charge in [-0.3, -0.25) is 0 Å². The highest BCUT2D eigenvalue weighted by molar-refractivity contribution is 8.00. The zero-order chi connectivity index (χ0) is 13.8. The lowest BCUT2D eigenvalue weighted by molar-refractivity contribution is -0.0329. The zero-order valence-corrected chi connectivity index (χ0v) is 10.9. The first-order valence-electron chi connectivity index (χ1n) is 5.41. The summed E-state index contributed by atoms with van der Waals surface area (Å²) >= 11 is -0.0983. The number of aliphatic hydroxyl groups excluding tert-OH is 1. The second kappa shape index (κ2) is 6.33. The molecule has 1 N–H and O–H groups in total. The van der Waals surface area contributed by atoms with Gasteiger partial charge in [-0.05, 0) is 48.9 Å². The molecule has 18 heavy (non-hydrogen) atoms. The van der Waals surface area contributed by atoms with Crippen molar-refractivity contribution < 1.29 is 23.0 Å². The largest absolute Gasteiger partial charge is 0.492 e. The smallest absolute Gasteiger partial charge is 0.441 e. The van der Waals surface area contributed by atoms with Crippen molar-refractivity contribution in [2.75, 3.05) is 12.4 Å². The Bertz CT molecular complexity index is 391. The molecule has 0 spiro atoms. The quantitative estimate of drug-likeness (QED) is 0.834. The van der Waals surface area contributed by atoms with E-state index in [-0.39, 0.29) is 24.1 Å². The first-order valence-corrected chi connectivity index (χ1v) is 6.40. The predicted octanol–water partition coefficient (Wildman–Crippen LogP) is 3.68. The summed E-state index contributed by atoms with van der Waals surface area (Å²) in [5.41, 5.74) is -2.66. The van der Waals surface area contributed by atoms with Gasteiger partial charge in [-0.2, -0.15) is 13.2 Å². The molecule has 0 fully saturated rings. The van der Waals surface area contributed by atoms with Gasteiger partial charge in [0, 0.05) is 5.75 Å². The Kier molecular flexibility index (Phi) is 5.34. The summed E-state index contributed by atoms with van der Waals surface area (Å²) < 4.78 is 40.9. The fourth-order valence-electron chi connectivity index (χ4n) is 1.40. The molecule has 1 rings (SSSR count). The van der Waals surface area contributed by atoms with Crippen LogP contribution in [0, 0.1) is 6.92 Å². The summed E-state index contributed by atoms with van der Waals surface area (Å²) in [5.74, 6) is 0.406. The molecule has 0 heterocycles. The lowest BCUT2D eigenvalue weighted by Gasteiger charge is -2.12. The number of rotatable bonds is 5. The van der Waals surface area contributed by atoms with Gasteiger partial charge in [0.05, 0.1) is 12.7 Å². The lowest BCUT2D eigenvalue weighted by Crippen LogP contribution is -2.08. The molecule has 2 nitrogen and oxygen atoms in total. The Balaban J connectivity index is 2.48. The lowest BCUT2D eigenvalue weighted by atomic mass is 10.1. The Labute approximate surface area is 108 Å². The Morgan fingerprint density at radius 1 is 1.39 bits per heavy atom. The number of aryl methyl sites for hydroxylation is 1. The third-order valence-corrected chi connectivity index (χ3v) is 2.99. The van der Waals surface area contributed by atoms with Crippen LogP contribution in [0.25, 0.3) is 0 Å². The van der Waals surface area contributed by atoms with Crippen LogP contribution in [-0.2, 0) is 0 Å². The average Bonchev–Trinajstić information content (AvgIpc) is 2.24. The van der Waals surface area contributed by atoms with Gasteiger partial charge in [0.1, 0.15) is 5.75 Å². The molecule has 0 unspecified atom stereocenters. The van der Waals surface area contributed by atoms with E-state index in [1.165, 1.54) is 0 Å². The molecule has 0 aliphatic heterocycles. The zero-order valence-electron chi connectivity index (χ0n) is 10.1. The van der Waals surface area contributed by atoms with Gasteiger partial charge in [0.15, 0.2) is 0 Å². The first kappa shape index (κ1) is 15.2. The summed E-state index contributed by atoms with van der Waals surface area (Å²) in [5, 5.41) is 9.37. The highest BCUT2D eigenvalue weighted by Crippen LogP contribution is 2.30. The molecule has 1 aromatic carbocycles. The van der Waals surface area contributed by atoms with Gasteiger partial charge in [-0.25, -0.2) is 0 Å². The van der Waals surface area contributed by atoms with E-state index in [1.807, 2.05) is 0 Å². The Morgan fingerprint density at radius 2 is 2.06 bits per heavy atom. The summed E-state index contributed by atoms with van der Waals surface area (Å²) in [6, 6.07) is 5.12. The molecule has 0 bridgehead atoms. The molecule has 0 aromatic heterocycles. The van der Waals surface area contributed by atoms with Crippen LogP contribution in [0.4, 0.5) is 13.2 Å². The van der Waals surface area contributed by atoms with Crippen LogP contribution < -0.4 is 4.74 Å². The molecule has 0 radical (unpaired) electrons. The molecule has 0 aliphatic carbocycles. The third kappa shape index (κ3) is 5.18. The minimum Gasteiger partial charge on any atom is -0.492 e. The molecule has 0 saturated carbocycles. The molecule has 1 atom stereocenters. The molecule has 0 aliphatic rings. The molecule has 0 amide bonds. The maximum Gasteiger partial charge on any atom is 0.441 e. The van der Waals surface area contributed by atoms with Gasteiger partial charge in [-0.1, -0.05) is 6.07 Å². The van der Waals surface area contributed by atoms with E-state index in [0.29, 0.717) is 5.75 Å². The van der Waals surface area contributed by atoms with E-state index in [1.54, 1.807) is 32.0 Å². The molecular weight excluding hydrogens is 265 g/mol. The van der Waals surface area contributed by atoms with Crippen LogP contribution in [0.2, 0.25) is 0 Å². The van der Waals surface area contributed by atoms with Crippen LogP contribution in [0.1, 0.15) is 24.2 Å². The minimum absolute atomic E-state index is 0.000950. The van der Waals surface area contributed by atoms with Gasteiger partial charge >= 0.3 is 5.51 Å². The number of hydrogen-bond acceptors (Lipinski definition) is 3. The number of aliphatic hydroxyl groups is 1. The molecule has 1 aromatic rings. The van der Waals surface area contributed by atoms with Gasteiger partial charge in [0.25, 0.3) is 0 Å². The monoisotopic (exact) mass is 280 g/mol. The molecule has 102 valence electrons. The fourth-order valence-corrected chi connectivity index (χ4v) is 1.80. The summed E-state index contributed by atoms with van der Waals surface area (Å²) in [6.45, 7) is 3.44. The Morgan fingerprint density at radius 3 is 2.56 bits per heavy atom. The highest BCUT2D eigenvalue weighted by atomic mass is 32.2. The van der Waals surface area contributed by atoms with Crippen LogP contribution in [-0.4, -0.2) is 23.0 Å². The number of halogens is 3. The highest BCUT2D eigenvalue weighted by Gasteiger charge is 2.27. The third-order valence-electron chi connectivity index (χ3n) is 2.29. The number of ether oxygens (including phenoxy) is 1. The van der Waals surface area contributed by atoms with Crippen molar-refractivity contribution in [1.82, 2.24) is 0 Å². The second-order valence-corrected chi connectivity index (χ2v) is 5.00. The van der Waals surface area contributed by atoms with E-state index in [4.69, 9.17) is 4.74 Å². The van der Waals surface area contributed by atoms with Crippen LogP contribution >= 0.6 is 11.8 Å². The number of hydrogen-bond donors (Lipinski definition) is 1. The van der Waals surface area contributed by atoms with Crippen LogP contribution in [0.15, 0.2) is 18.2 Å². The maximum atomic E-state index is 11.9. The van der Waals surface area contributed by atoms with Crippen LogP contribution in [0.5, 0.6) is 5.75 Å². The summed E-state index contributed by atoms with van der Waals surface area (Å²) in [6.07, 6.45) is -0.571. The van der Waals surface area contributed by atoms with E-state index in [9.17, 15) is 18.3 Å². The van der Waals surface area contributed by atoms with Gasteiger partial charge in [0.2, 0.25) is 0 Å². The van der Waals surface area contributed by atoms with Gasteiger partial charge < -0.3 is 9.84 Å². The van der Waals surface area contributed by atoms with E-state index in [0.717, 1.165) is 11.1 Å². The number of alkyl halides is 3. The van der Waals surface area contributed by atoms with E-state index < -0.39 is 11.6 Å². The SMILES string of the molecule is Cc1cc([C@@H](C)O)ccc1OCCSC(F)(F)F. The number of thioether (sulfide) groups is 1. The van der Waals surface area contributed by atoms with E-state index in [2.05, 4.69) is 0 Å². The molecule has 0 saturated heterocycles. The van der Waals surface area contributed by atoms with Crippen molar-refractivity contribution in [3.05, 3.63) is 29.3 Å². The normalized spacial score (nSPS) is 13.4. The summed E-state index contributed by atoms with van der Waals surface area (Å²) in [4.78, 5) is 0. The predicted molar refractivity (Wildman–Crippen MR) is 65.8 cm³/mol. The van der Waals surface area contributed by atoms with Crippen molar-refractivity contribution in [2.24, 2.45) is 0 Å². The van der Waals surface area contributed by atoms with Gasteiger partial charge in [-0.15, -0.1) is 0 Å². The number of benzene rings is 1.